The number of para-hydroxylation sites is 1. The van der Waals surface area contributed by atoms with E-state index in [1.165, 1.54) is 18.1 Å². The lowest BCUT2D eigenvalue weighted by Crippen LogP contribution is -2.30. The summed E-state index contributed by atoms with van der Waals surface area (Å²) >= 11 is 6.10. The maximum atomic E-state index is 13.1. The molecular weight excluding hydrogens is 416 g/mol. The summed E-state index contributed by atoms with van der Waals surface area (Å²) in [6, 6.07) is 16.3. The van der Waals surface area contributed by atoms with E-state index in [9.17, 15) is 14.7 Å². The van der Waals surface area contributed by atoms with Gasteiger partial charge in [0, 0.05) is 17.4 Å². The molecule has 2 aromatic carbocycles. The van der Waals surface area contributed by atoms with Crippen LogP contribution in [0.2, 0.25) is 5.02 Å². The Bertz CT molecular complexity index is 1210. The van der Waals surface area contributed by atoms with Crippen molar-refractivity contribution in [3.8, 4) is 5.75 Å². The minimum Gasteiger partial charge on any atom is -0.507 e. The van der Waals surface area contributed by atoms with Crippen LogP contribution < -0.4 is 9.64 Å². The third kappa shape index (κ3) is 3.55. The van der Waals surface area contributed by atoms with Crippen molar-refractivity contribution in [2.24, 2.45) is 0 Å². The minimum atomic E-state index is -0.885. The molecule has 1 saturated heterocycles. The predicted octanol–water partition coefficient (Wildman–Crippen LogP) is 4.68. The average Bonchev–Trinajstić information content (AvgIpc) is 3.05. The van der Waals surface area contributed by atoms with Crippen molar-refractivity contribution in [2.45, 2.75) is 13.0 Å². The first kappa shape index (κ1) is 20.6. The van der Waals surface area contributed by atoms with Gasteiger partial charge in [0.05, 0.1) is 23.4 Å². The van der Waals surface area contributed by atoms with E-state index in [2.05, 4.69) is 4.98 Å². The van der Waals surface area contributed by atoms with Gasteiger partial charge < -0.3 is 9.84 Å². The maximum absolute atomic E-state index is 13.1. The summed E-state index contributed by atoms with van der Waals surface area (Å²) in [6.07, 6.45) is 1.58. The summed E-state index contributed by atoms with van der Waals surface area (Å²) in [5.41, 5.74) is 2.13. The van der Waals surface area contributed by atoms with E-state index in [0.29, 0.717) is 27.7 Å². The van der Waals surface area contributed by atoms with Crippen LogP contribution in [0.15, 0.2) is 72.4 Å². The number of methoxy groups -OCH3 is 1. The molecule has 4 rings (SSSR count). The van der Waals surface area contributed by atoms with Crippen LogP contribution in [0.3, 0.4) is 0 Å². The van der Waals surface area contributed by atoms with Gasteiger partial charge in [-0.25, -0.2) is 0 Å². The van der Waals surface area contributed by atoms with Gasteiger partial charge in [-0.2, -0.15) is 0 Å². The van der Waals surface area contributed by atoms with Crippen molar-refractivity contribution in [2.75, 3.05) is 12.0 Å². The molecule has 156 valence electrons. The number of hydrogen-bond donors (Lipinski definition) is 1. The van der Waals surface area contributed by atoms with E-state index < -0.39 is 17.7 Å². The Morgan fingerprint density at radius 1 is 1.10 bits per heavy atom. The highest BCUT2D eigenvalue weighted by atomic mass is 35.5. The number of aliphatic hydroxyl groups is 1. The summed E-state index contributed by atoms with van der Waals surface area (Å²) in [5.74, 6) is -1.49. The molecule has 2 heterocycles. The van der Waals surface area contributed by atoms with Crippen molar-refractivity contribution in [3.63, 3.8) is 0 Å². The molecule has 1 atom stereocenters. The summed E-state index contributed by atoms with van der Waals surface area (Å²) in [7, 11) is 1.45. The number of pyridine rings is 1. The molecule has 0 radical (unpaired) electrons. The zero-order valence-electron chi connectivity index (χ0n) is 16.9. The van der Waals surface area contributed by atoms with Gasteiger partial charge >= 0.3 is 0 Å². The highest BCUT2D eigenvalue weighted by molar-refractivity contribution is 6.51. The predicted molar refractivity (Wildman–Crippen MR) is 118 cm³/mol. The Labute approximate surface area is 184 Å². The van der Waals surface area contributed by atoms with E-state index in [0.717, 1.165) is 5.56 Å². The molecular formula is C24H19ClN2O4. The van der Waals surface area contributed by atoms with Gasteiger partial charge in [0.2, 0.25) is 0 Å². The molecule has 0 aliphatic carbocycles. The fourth-order valence-corrected chi connectivity index (χ4v) is 3.89. The molecule has 1 aromatic heterocycles. The number of aryl methyl sites for hydroxylation is 1. The van der Waals surface area contributed by atoms with Crippen LogP contribution in [0.25, 0.3) is 5.76 Å². The van der Waals surface area contributed by atoms with Gasteiger partial charge in [0.1, 0.15) is 17.6 Å². The van der Waals surface area contributed by atoms with E-state index in [1.807, 2.05) is 19.1 Å². The lowest BCUT2D eigenvalue weighted by molar-refractivity contribution is -0.132. The number of carbonyl (C=O) groups is 2. The topological polar surface area (TPSA) is 79.7 Å². The molecule has 1 N–H and O–H groups in total. The lowest BCUT2D eigenvalue weighted by atomic mass is 9.98. The number of halogens is 1. The molecule has 1 aliphatic heterocycles. The Morgan fingerprint density at radius 3 is 2.52 bits per heavy atom. The first-order valence-electron chi connectivity index (χ1n) is 9.55. The number of ether oxygens (including phenoxy) is 1. The zero-order chi connectivity index (χ0) is 22.1. The van der Waals surface area contributed by atoms with Gasteiger partial charge in [0.25, 0.3) is 11.7 Å². The highest BCUT2D eigenvalue weighted by Crippen LogP contribution is 2.42. The van der Waals surface area contributed by atoms with Gasteiger partial charge in [0.15, 0.2) is 0 Å². The average molecular weight is 435 g/mol. The summed E-state index contributed by atoms with van der Waals surface area (Å²) in [4.78, 5) is 32.0. The molecule has 1 unspecified atom stereocenters. The number of amides is 1. The Balaban J connectivity index is 1.96. The molecule has 3 aromatic rings. The van der Waals surface area contributed by atoms with Crippen molar-refractivity contribution in [1.82, 2.24) is 4.98 Å². The number of aliphatic hydroxyl groups excluding tert-OH is 1. The number of benzene rings is 2. The summed E-state index contributed by atoms with van der Waals surface area (Å²) < 4.78 is 5.22. The number of ketones is 1. The van der Waals surface area contributed by atoms with Crippen LogP contribution in [0.4, 0.5) is 5.69 Å². The van der Waals surface area contributed by atoms with Gasteiger partial charge in [-0.15, -0.1) is 0 Å². The quantitative estimate of drug-likeness (QED) is 0.366. The van der Waals surface area contributed by atoms with E-state index >= 15 is 0 Å². The monoisotopic (exact) mass is 434 g/mol. The molecule has 1 amide bonds. The van der Waals surface area contributed by atoms with E-state index in [1.54, 1.807) is 48.7 Å². The lowest BCUT2D eigenvalue weighted by Gasteiger charge is -2.26. The van der Waals surface area contributed by atoms with Crippen LogP contribution in [-0.2, 0) is 9.59 Å². The number of rotatable bonds is 4. The molecule has 31 heavy (non-hydrogen) atoms. The Morgan fingerprint density at radius 2 is 1.84 bits per heavy atom. The van der Waals surface area contributed by atoms with Gasteiger partial charge in [-0.1, -0.05) is 35.9 Å². The van der Waals surface area contributed by atoms with Crippen molar-refractivity contribution >= 4 is 34.7 Å². The standard InChI is InChI=1S/C24H19ClN2O4/c1-14-7-3-4-9-18(14)27-21(17-8-5-6-12-26-17)20(23(29)24(27)30)22(28)15-10-11-16(25)19(13-15)31-2/h3-13,21,28H,1-2H3/b22-20-. The SMILES string of the molecule is COc1cc(/C(O)=C2/C(=O)C(=O)N(c3ccccc3C)C2c2ccccn2)ccc1Cl. The number of nitrogens with zero attached hydrogens (tertiary/aromatic N) is 2. The number of carbonyl (C=O) groups excluding carboxylic acids is 2. The molecule has 6 nitrogen and oxygen atoms in total. The normalized spacial score (nSPS) is 17.8. The second-order valence-corrected chi connectivity index (χ2v) is 7.47. The first-order valence-corrected chi connectivity index (χ1v) is 9.93. The number of hydrogen-bond acceptors (Lipinski definition) is 5. The van der Waals surface area contributed by atoms with Crippen LogP contribution >= 0.6 is 11.6 Å². The minimum absolute atomic E-state index is 0.0451. The fraction of sp³-hybridized carbons (Fsp3) is 0.125. The molecule has 1 fully saturated rings. The molecule has 1 aliphatic rings. The van der Waals surface area contributed by atoms with Crippen molar-refractivity contribution < 1.29 is 19.4 Å². The van der Waals surface area contributed by atoms with Crippen LogP contribution in [0.5, 0.6) is 5.75 Å². The third-order valence-electron chi connectivity index (χ3n) is 5.21. The third-order valence-corrected chi connectivity index (χ3v) is 5.52. The molecule has 0 saturated carbocycles. The van der Waals surface area contributed by atoms with Gasteiger partial charge in [-0.3, -0.25) is 19.5 Å². The summed E-state index contributed by atoms with van der Waals surface area (Å²) in [5, 5.41) is 11.5. The van der Waals surface area contributed by atoms with Crippen molar-refractivity contribution in [1.29, 1.82) is 0 Å². The largest absolute Gasteiger partial charge is 0.507 e. The second kappa shape index (κ2) is 8.24. The van der Waals surface area contributed by atoms with E-state index in [-0.39, 0.29) is 11.3 Å². The number of aromatic nitrogens is 1. The van der Waals surface area contributed by atoms with Crippen LogP contribution in [-0.4, -0.2) is 28.9 Å². The highest BCUT2D eigenvalue weighted by Gasteiger charge is 2.48. The van der Waals surface area contributed by atoms with Crippen LogP contribution in [0, 0.1) is 6.92 Å². The van der Waals surface area contributed by atoms with Crippen LogP contribution in [0.1, 0.15) is 22.9 Å². The molecule has 0 bridgehead atoms. The first-order chi connectivity index (χ1) is 14.9. The molecule has 7 heteroatoms. The Kier molecular flexibility index (Phi) is 5.48. The summed E-state index contributed by atoms with van der Waals surface area (Å²) in [6.45, 7) is 1.86. The smallest absolute Gasteiger partial charge is 0.300 e. The van der Waals surface area contributed by atoms with Crippen molar-refractivity contribution in [3.05, 3.63) is 94.3 Å². The fourth-order valence-electron chi connectivity index (χ4n) is 3.69. The van der Waals surface area contributed by atoms with Gasteiger partial charge in [-0.05, 0) is 48.9 Å². The number of anilines is 1. The zero-order valence-corrected chi connectivity index (χ0v) is 17.6. The maximum Gasteiger partial charge on any atom is 0.300 e. The molecule has 0 spiro atoms. The van der Waals surface area contributed by atoms with E-state index in [4.69, 9.17) is 16.3 Å². The second-order valence-electron chi connectivity index (χ2n) is 7.06. The Hall–Kier alpha value is -3.64. The number of Topliss-reactive ketones (excluding diaryl/α,β-unsaturated/α-hetero) is 1.